The number of amides is 1. The molecule has 4 nitrogen and oxygen atoms in total. The number of carbonyl (C=O) groups is 1. The van der Waals surface area contributed by atoms with Gasteiger partial charge in [0.05, 0.1) is 10.7 Å². The molecule has 0 aliphatic carbocycles. The van der Waals surface area contributed by atoms with Crippen LogP contribution in [0.15, 0.2) is 6.07 Å². The van der Waals surface area contributed by atoms with Gasteiger partial charge in [-0.2, -0.15) is 0 Å². The SMILES string of the molecule is CC(C)CNc1cc(N)c(C(=O)N(C)C)s1. The fraction of sp³-hybridized carbons (Fsp3) is 0.545. The Balaban J connectivity index is 2.78. The van der Waals surface area contributed by atoms with E-state index in [1.165, 1.54) is 16.2 Å². The molecule has 90 valence electrons. The Hall–Kier alpha value is -1.23. The fourth-order valence-corrected chi connectivity index (χ4v) is 2.18. The van der Waals surface area contributed by atoms with Crippen LogP contribution in [0.25, 0.3) is 0 Å². The van der Waals surface area contributed by atoms with Crippen LogP contribution >= 0.6 is 11.3 Å². The minimum absolute atomic E-state index is 0.0416. The van der Waals surface area contributed by atoms with Crippen molar-refractivity contribution in [2.75, 3.05) is 31.7 Å². The molecule has 0 aliphatic heterocycles. The zero-order valence-corrected chi connectivity index (χ0v) is 11.0. The second kappa shape index (κ2) is 5.21. The van der Waals surface area contributed by atoms with Crippen LogP contribution in [0.5, 0.6) is 0 Å². The lowest BCUT2D eigenvalue weighted by Crippen LogP contribution is -2.21. The molecule has 0 bridgehead atoms. The first-order valence-corrected chi connectivity index (χ1v) is 6.08. The lowest BCUT2D eigenvalue weighted by molar-refractivity contribution is 0.0833. The average molecular weight is 241 g/mol. The molecule has 1 aromatic heterocycles. The van der Waals surface area contributed by atoms with E-state index in [0.717, 1.165) is 11.5 Å². The van der Waals surface area contributed by atoms with Crippen molar-refractivity contribution in [3.63, 3.8) is 0 Å². The number of rotatable bonds is 4. The molecule has 0 saturated carbocycles. The molecule has 0 unspecified atom stereocenters. The quantitative estimate of drug-likeness (QED) is 0.848. The molecule has 1 amide bonds. The minimum Gasteiger partial charge on any atom is -0.397 e. The van der Waals surface area contributed by atoms with Crippen LogP contribution < -0.4 is 11.1 Å². The topological polar surface area (TPSA) is 58.4 Å². The molecule has 5 heteroatoms. The van der Waals surface area contributed by atoms with E-state index in [4.69, 9.17) is 5.73 Å². The van der Waals surface area contributed by atoms with Gasteiger partial charge in [-0.25, -0.2) is 0 Å². The number of nitrogen functional groups attached to an aromatic ring is 1. The van der Waals surface area contributed by atoms with Crippen LogP contribution in [0.4, 0.5) is 10.7 Å². The maximum Gasteiger partial charge on any atom is 0.265 e. The van der Waals surface area contributed by atoms with E-state index >= 15 is 0 Å². The largest absolute Gasteiger partial charge is 0.397 e. The summed E-state index contributed by atoms with van der Waals surface area (Å²) in [7, 11) is 3.45. The van der Waals surface area contributed by atoms with E-state index in [0.29, 0.717) is 16.5 Å². The smallest absolute Gasteiger partial charge is 0.265 e. The second-order valence-electron chi connectivity index (χ2n) is 4.37. The summed E-state index contributed by atoms with van der Waals surface area (Å²) in [5, 5.41) is 4.22. The van der Waals surface area contributed by atoms with Crippen LogP contribution in [0, 0.1) is 5.92 Å². The van der Waals surface area contributed by atoms with Crippen LogP contribution in [0.3, 0.4) is 0 Å². The molecule has 0 fully saturated rings. The average Bonchev–Trinajstić information content (AvgIpc) is 2.55. The van der Waals surface area contributed by atoms with Crippen molar-refractivity contribution in [2.24, 2.45) is 5.92 Å². The maximum absolute atomic E-state index is 11.7. The molecule has 0 aromatic carbocycles. The maximum atomic E-state index is 11.7. The van der Waals surface area contributed by atoms with Crippen LogP contribution in [0.2, 0.25) is 0 Å². The third-order valence-corrected chi connectivity index (χ3v) is 3.14. The first kappa shape index (κ1) is 12.8. The highest BCUT2D eigenvalue weighted by Gasteiger charge is 2.15. The first-order chi connectivity index (χ1) is 7.41. The summed E-state index contributed by atoms with van der Waals surface area (Å²) in [4.78, 5) is 13.9. The standard InChI is InChI=1S/C11H19N3OS/c1-7(2)6-13-9-5-8(12)10(16-9)11(15)14(3)4/h5,7,13H,6,12H2,1-4H3. The number of hydrogen-bond acceptors (Lipinski definition) is 4. The molecule has 0 radical (unpaired) electrons. The van der Waals surface area contributed by atoms with E-state index < -0.39 is 0 Å². The van der Waals surface area contributed by atoms with Crippen molar-refractivity contribution in [3.05, 3.63) is 10.9 Å². The van der Waals surface area contributed by atoms with E-state index in [9.17, 15) is 4.79 Å². The highest BCUT2D eigenvalue weighted by molar-refractivity contribution is 7.18. The Morgan fingerprint density at radius 2 is 2.19 bits per heavy atom. The van der Waals surface area contributed by atoms with Gasteiger partial charge in [0, 0.05) is 20.6 Å². The van der Waals surface area contributed by atoms with E-state index in [2.05, 4.69) is 19.2 Å². The van der Waals surface area contributed by atoms with E-state index in [1.54, 1.807) is 14.1 Å². The van der Waals surface area contributed by atoms with Gasteiger partial charge in [0.15, 0.2) is 0 Å². The normalized spacial score (nSPS) is 10.6. The van der Waals surface area contributed by atoms with Gasteiger partial charge in [0.1, 0.15) is 4.88 Å². The molecule has 1 rings (SSSR count). The summed E-state index contributed by atoms with van der Waals surface area (Å²) in [6, 6.07) is 1.82. The minimum atomic E-state index is -0.0416. The summed E-state index contributed by atoms with van der Waals surface area (Å²) in [6.45, 7) is 5.15. The fourth-order valence-electron chi connectivity index (χ4n) is 1.17. The second-order valence-corrected chi connectivity index (χ2v) is 5.42. The van der Waals surface area contributed by atoms with Gasteiger partial charge in [0.2, 0.25) is 0 Å². The lowest BCUT2D eigenvalue weighted by atomic mass is 10.2. The zero-order chi connectivity index (χ0) is 12.3. The number of nitrogens with one attached hydrogen (secondary N) is 1. The van der Waals surface area contributed by atoms with Crippen molar-refractivity contribution < 1.29 is 4.79 Å². The number of hydrogen-bond donors (Lipinski definition) is 2. The van der Waals surface area contributed by atoms with Gasteiger partial charge < -0.3 is 16.0 Å². The third kappa shape index (κ3) is 3.13. The Kier molecular flexibility index (Phi) is 4.18. The molecule has 0 atom stereocenters. The molecule has 0 spiro atoms. The third-order valence-electron chi connectivity index (χ3n) is 2.05. The Bertz CT molecular complexity index is 371. The van der Waals surface area contributed by atoms with Crippen LogP contribution in [-0.4, -0.2) is 31.4 Å². The summed E-state index contributed by atoms with van der Waals surface area (Å²) < 4.78 is 0. The van der Waals surface area contributed by atoms with Crippen molar-refractivity contribution in [3.8, 4) is 0 Å². The molecular formula is C11H19N3OS. The van der Waals surface area contributed by atoms with Gasteiger partial charge in [0.25, 0.3) is 5.91 Å². The zero-order valence-electron chi connectivity index (χ0n) is 10.2. The van der Waals surface area contributed by atoms with Crippen molar-refractivity contribution in [2.45, 2.75) is 13.8 Å². The van der Waals surface area contributed by atoms with Gasteiger partial charge in [-0.05, 0) is 12.0 Å². The van der Waals surface area contributed by atoms with Gasteiger partial charge in [-0.15, -0.1) is 11.3 Å². The Morgan fingerprint density at radius 3 is 2.69 bits per heavy atom. The van der Waals surface area contributed by atoms with Gasteiger partial charge >= 0.3 is 0 Å². The molecule has 16 heavy (non-hydrogen) atoms. The van der Waals surface area contributed by atoms with E-state index in [-0.39, 0.29) is 5.91 Å². The lowest BCUT2D eigenvalue weighted by Gasteiger charge is -2.08. The summed E-state index contributed by atoms with van der Waals surface area (Å²) >= 11 is 1.41. The monoisotopic (exact) mass is 241 g/mol. The highest BCUT2D eigenvalue weighted by Crippen LogP contribution is 2.29. The molecule has 1 aromatic rings. The molecule has 1 heterocycles. The number of anilines is 2. The van der Waals surface area contributed by atoms with Crippen LogP contribution in [0.1, 0.15) is 23.5 Å². The summed E-state index contributed by atoms with van der Waals surface area (Å²) in [5.74, 6) is 0.524. The van der Waals surface area contributed by atoms with Gasteiger partial charge in [-0.3, -0.25) is 4.79 Å². The number of nitrogens with zero attached hydrogens (tertiary/aromatic N) is 1. The molecular weight excluding hydrogens is 222 g/mol. The van der Waals surface area contributed by atoms with E-state index in [1.807, 2.05) is 6.07 Å². The molecule has 3 N–H and O–H groups in total. The predicted octanol–water partition coefficient (Wildman–Crippen LogP) is 2.10. The number of carbonyl (C=O) groups excluding carboxylic acids is 1. The highest BCUT2D eigenvalue weighted by atomic mass is 32.1. The van der Waals surface area contributed by atoms with Crippen molar-refractivity contribution >= 4 is 27.9 Å². The van der Waals surface area contributed by atoms with Crippen molar-refractivity contribution in [1.82, 2.24) is 4.90 Å². The Morgan fingerprint density at radius 1 is 1.56 bits per heavy atom. The summed E-state index contributed by atoms with van der Waals surface area (Å²) in [5.41, 5.74) is 6.36. The van der Waals surface area contributed by atoms with Crippen molar-refractivity contribution in [1.29, 1.82) is 0 Å². The molecule has 0 saturated heterocycles. The molecule has 0 aliphatic rings. The summed E-state index contributed by atoms with van der Waals surface area (Å²) in [6.07, 6.45) is 0. The predicted molar refractivity (Wildman–Crippen MR) is 70.1 cm³/mol. The number of nitrogens with two attached hydrogens (primary N) is 1. The first-order valence-electron chi connectivity index (χ1n) is 5.26. The Labute approximate surface area is 100 Å². The van der Waals surface area contributed by atoms with Gasteiger partial charge in [-0.1, -0.05) is 13.8 Å². The van der Waals surface area contributed by atoms with Crippen LogP contribution in [-0.2, 0) is 0 Å². The number of thiophene rings is 1.